The largest absolute Gasteiger partial charge is 0.330 e. The van der Waals surface area contributed by atoms with E-state index < -0.39 is 0 Å². The normalized spacial score (nSPS) is 12.4. The standard InChI is InChI=1S/C16H17FIN/c17-15-5-1-12(2-6-15)9-14(11-19)10-13-3-7-16(18)8-4-13/h1-8,14H,9-11,19H2. The van der Waals surface area contributed by atoms with Crippen LogP contribution in [0.25, 0.3) is 0 Å². The van der Waals surface area contributed by atoms with Crippen molar-refractivity contribution in [3.05, 3.63) is 69.0 Å². The van der Waals surface area contributed by atoms with Crippen molar-refractivity contribution in [1.82, 2.24) is 0 Å². The van der Waals surface area contributed by atoms with Crippen molar-refractivity contribution in [2.45, 2.75) is 12.8 Å². The molecular weight excluding hydrogens is 352 g/mol. The van der Waals surface area contributed by atoms with Crippen LogP contribution in [0.1, 0.15) is 11.1 Å². The van der Waals surface area contributed by atoms with Gasteiger partial charge in [-0.2, -0.15) is 0 Å². The average Bonchev–Trinajstić information content (AvgIpc) is 2.43. The van der Waals surface area contributed by atoms with Crippen LogP contribution in [0.15, 0.2) is 48.5 Å². The van der Waals surface area contributed by atoms with Crippen LogP contribution in [-0.2, 0) is 12.8 Å². The molecule has 0 saturated carbocycles. The number of benzene rings is 2. The Balaban J connectivity index is 2.00. The molecule has 0 spiro atoms. The third-order valence-corrected chi connectivity index (χ3v) is 3.93. The first-order valence-electron chi connectivity index (χ1n) is 6.36. The second-order valence-corrected chi connectivity index (χ2v) is 6.01. The van der Waals surface area contributed by atoms with Crippen LogP contribution < -0.4 is 5.73 Å². The molecule has 2 N–H and O–H groups in total. The predicted octanol–water partition coefficient (Wildman–Crippen LogP) is 3.79. The Morgan fingerprint density at radius 3 is 1.84 bits per heavy atom. The van der Waals surface area contributed by atoms with Crippen LogP contribution in [0.5, 0.6) is 0 Å². The molecular formula is C16H17FIN. The van der Waals surface area contributed by atoms with E-state index in [0.717, 1.165) is 18.4 Å². The minimum Gasteiger partial charge on any atom is -0.330 e. The molecule has 0 saturated heterocycles. The topological polar surface area (TPSA) is 26.0 Å². The van der Waals surface area contributed by atoms with Crippen LogP contribution in [0.3, 0.4) is 0 Å². The van der Waals surface area contributed by atoms with E-state index >= 15 is 0 Å². The molecule has 0 aliphatic heterocycles. The highest BCUT2D eigenvalue weighted by atomic mass is 127. The molecule has 0 aliphatic rings. The molecule has 19 heavy (non-hydrogen) atoms. The van der Waals surface area contributed by atoms with Crippen LogP contribution in [0.2, 0.25) is 0 Å². The van der Waals surface area contributed by atoms with E-state index in [2.05, 4.69) is 46.9 Å². The lowest BCUT2D eigenvalue weighted by Gasteiger charge is -2.15. The summed E-state index contributed by atoms with van der Waals surface area (Å²) in [6.45, 7) is 0.642. The third-order valence-electron chi connectivity index (χ3n) is 3.21. The molecule has 0 radical (unpaired) electrons. The van der Waals surface area contributed by atoms with Gasteiger partial charge in [-0.3, -0.25) is 0 Å². The molecule has 0 fully saturated rings. The van der Waals surface area contributed by atoms with Crippen LogP contribution in [-0.4, -0.2) is 6.54 Å². The lowest BCUT2D eigenvalue weighted by molar-refractivity contribution is 0.532. The Morgan fingerprint density at radius 2 is 1.37 bits per heavy atom. The van der Waals surface area contributed by atoms with Gasteiger partial charge in [-0.25, -0.2) is 4.39 Å². The predicted molar refractivity (Wildman–Crippen MR) is 85.5 cm³/mol. The highest BCUT2D eigenvalue weighted by Gasteiger charge is 2.09. The molecule has 2 aromatic carbocycles. The zero-order valence-corrected chi connectivity index (χ0v) is 12.8. The molecule has 2 aromatic rings. The number of rotatable bonds is 5. The molecule has 0 amide bonds. The summed E-state index contributed by atoms with van der Waals surface area (Å²) in [6.07, 6.45) is 1.85. The highest BCUT2D eigenvalue weighted by molar-refractivity contribution is 14.1. The molecule has 1 nitrogen and oxygen atoms in total. The van der Waals surface area contributed by atoms with Gasteiger partial charge in [0.1, 0.15) is 5.82 Å². The number of halogens is 2. The molecule has 0 bridgehead atoms. The van der Waals surface area contributed by atoms with E-state index in [0.29, 0.717) is 12.5 Å². The van der Waals surface area contributed by atoms with Gasteiger partial charge >= 0.3 is 0 Å². The van der Waals surface area contributed by atoms with Crippen molar-refractivity contribution < 1.29 is 4.39 Å². The van der Waals surface area contributed by atoms with Gasteiger partial charge in [0, 0.05) is 3.57 Å². The first kappa shape index (κ1) is 14.5. The van der Waals surface area contributed by atoms with Crippen molar-refractivity contribution >= 4 is 22.6 Å². The Hall–Kier alpha value is -0.940. The van der Waals surface area contributed by atoms with E-state index in [9.17, 15) is 4.39 Å². The van der Waals surface area contributed by atoms with Crippen molar-refractivity contribution in [1.29, 1.82) is 0 Å². The maximum atomic E-state index is 12.9. The molecule has 3 heteroatoms. The summed E-state index contributed by atoms with van der Waals surface area (Å²) in [5.41, 5.74) is 8.30. The average molecular weight is 369 g/mol. The van der Waals surface area contributed by atoms with Crippen molar-refractivity contribution in [2.75, 3.05) is 6.54 Å². The summed E-state index contributed by atoms with van der Waals surface area (Å²) in [6, 6.07) is 15.2. The minimum absolute atomic E-state index is 0.189. The quantitative estimate of drug-likeness (QED) is 0.798. The maximum Gasteiger partial charge on any atom is 0.123 e. The number of hydrogen-bond donors (Lipinski definition) is 1. The molecule has 2 rings (SSSR count). The van der Waals surface area contributed by atoms with E-state index in [1.54, 1.807) is 0 Å². The Labute approximate surface area is 127 Å². The maximum absolute atomic E-state index is 12.9. The Morgan fingerprint density at radius 1 is 0.895 bits per heavy atom. The van der Waals surface area contributed by atoms with E-state index in [-0.39, 0.29) is 5.82 Å². The first-order chi connectivity index (χ1) is 9.17. The van der Waals surface area contributed by atoms with Gasteiger partial charge in [0.15, 0.2) is 0 Å². The third kappa shape index (κ3) is 4.58. The van der Waals surface area contributed by atoms with Gasteiger partial charge in [0.25, 0.3) is 0 Å². The van der Waals surface area contributed by atoms with E-state index in [1.165, 1.54) is 21.3 Å². The van der Waals surface area contributed by atoms with Crippen molar-refractivity contribution in [3.63, 3.8) is 0 Å². The smallest absolute Gasteiger partial charge is 0.123 e. The van der Waals surface area contributed by atoms with Gasteiger partial charge in [0.2, 0.25) is 0 Å². The first-order valence-corrected chi connectivity index (χ1v) is 7.44. The fourth-order valence-electron chi connectivity index (χ4n) is 2.15. The van der Waals surface area contributed by atoms with Gasteiger partial charge in [0.05, 0.1) is 0 Å². The van der Waals surface area contributed by atoms with Crippen molar-refractivity contribution in [3.8, 4) is 0 Å². The molecule has 0 aromatic heterocycles. The lowest BCUT2D eigenvalue weighted by atomic mass is 9.93. The van der Waals surface area contributed by atoms with Crippen LogP contribution in [0, 0.1) is 15.3 Å². The van der Waals surface area contributed by atoms with Crippen molar-refractivity contribution in [2.24, 2.45) is 11.7 Å². The molecule has 1 unspecified atom stereocenters. The van der Waals surface area contributed by atoms with Crippen LogP contribution >= 0.6 is 22.6 Å². The molecule has 0 aliphatic carbocycles. The molecule has 1 atom stereocenters. The lowest BCUT2D eigenvalue weighted by Crippen LogP contribution is -2.19. The second-order valence-electron chi connectivity index (χ2n) is 4.76. The number of hydrogen-bond acceptors (Lipinski definition) is 1. The number of nitrogens with two attached hydrogens (primary N) is 1. The monoisotopic (exact) mass is 369 g/mol. The highest BCUT2D eigenvalue weighted by Crippen LogP contribution is 2.16. The van der Waals surface area contributed by atoms with Crippen LogP contribution in [0.4, 0.5) is 4.39 Å². The summed E-state index contributed by atoms with van der Waals surface area (Å²) in [4.78, 5) is 0. The van der Waals surface area contributed by atoms with E-state index in [1.807, 2.05) is 12.1 Å². The summed E-state index contributed by atoms with van der Waals surface area (Å²) >= 11 is 2.30. The summed E-state index contributed by atoms with van der Waals surface area (Å²) in [7, 11) is 0. The Bertz CT molecular complexity index is 460. The molecule has 0 heterocycles. The zero-order chi connectivity index (χ0) is 13.7. The van der Waals surface area contributed by atoms with Gasteiger partial charge in [-0.1, -0.05) is 24.3 Å². The Kier molecular flexibility index (Phi) is 5.34. The van der Waals surface area contributed by atoms with Gasteiger partial charge in [-0.15, -0.1) is 0 Å². The SMILES string of the molecule is NCC(Cc1ccc(F)cc1)Cc1ccc(I)cc1. The second kappa shape index (κ2) is 7.01. The zero-order valence-electron chi connectivity index (χ0n) is 10.7. The van der Waals surface area contributed by atoms with E-state index in [4.69, 9.17) is 5.73 Å². The van der Waals surface area contributed by atoms with Gasteiger partial charge < -0.3 is 5.73 Å². The summed E-state index contributed by atoms with van der Waals surface area (Å²) in [5.74, 6) is 0.205. The minimum atomic E-state index is -0.189. The molecule has 100 valence electrons. The fourth-order valence-corrected chi connectivity index (χ4v) is 2.51. The fraction of sp³-hybridized carbons (Fsp3) is 0.250. The summed E-state index contributed by atoms with van der Waals surface area (Å²) < 4.78 is 14.1. The summed E-state index contributed by atoms with van der Waals surface area (Å²) in [5, 5.41) is 0. The van der Waals surface area contributed by atoms with Gasteiger partial charge in [-0.05, 0) is 83.3 Å².